The zero-order valence-electron chi connectivity index (χ0n) is 21.1. The number of morpholine rings is 1. The summed E-state index contributed by atoms with van der Waals surface area (Å²) in [6.07, 6.45) is 3.99. The number of carbonyl (C=O) groups excluding carboxylic acids is 1. The Kier molecular flexibility index (Phi) is 8.12. The van der Waals surface area contributed by atoms with Gasteiger partial charge in [0.2, 0.25) is 11.7 Å². The van der Waals surface area contributed by atoms with Crippen LogP contribution in [0, 0.1) is 11.8 Å². The number of benzene rings is 2. The van der Waals surface area contributed by atoms with Gasteiger partial charge in [-0.1, -0.05) is 41.3 Å². The third kappa shape index (κ3) is 6.78. The molecule has 1 unspecified atom stereocenters. The molecule has 198 valence electrons. The first kappa shape index (κ1) is 25.9. The van der Waals surface area contributed by atoms with Crippen LogP contribution in [0.3, 0.4) is 0 Å². The Bertz CT molecular complexity index is 1510. The van der Waals surface area contributed by atoms with Gasteiger partial charge in [0.15, 0.2) is 0 Å². The number of nitrogens with one attached hydrogen (secondary N) is 2. The van der Waals surface area contributed by atoms with Crippen molar-refractivity contribution < 1.29 is 19.2 Å². The summed E-state index contributed by atoms with van der Waals surface area (Å²) in [7, 11) is 0. The largest absolute Gasteiger partial charge is 0.502 e. The predicted octanol–water partition coefficient (Wildman–Crippen LogP) is 2.66. The van der Waals surface area contributed by atoms with E-state index in [1.54, 1.807) is 0 Å². The molecule has 0 aliphatic carbocycles. The van der Waals surface area contributed by atoms with E-state index in [0.717, 1.165) is 55.9 Å². The summed E-state index contributed by atoms with van der Waals surface area (Å²) < 4.78 is 10.2. The summed E-state index contributed by atoms with van der Waals surface area (Å²) in [5.41, 5.74) is 3.41. The molecule has 1 amide bonds. The van der Waals surface area contributed by atoms with E-state index in [4.69, 9.17) is 9.26 Å². The van der Waals surface area contributed by atoms with E-state index in [-0.39, 0.29) is 12.1 Å². The van der Waals surface area contributed by atoms with Crippen molar-refractivity contribution in [3.63, 3.8) is 0 Å². The van der Waals surface area contributed by atoms with E-state index in [1.807, 2.05) is 36.4 Å². The van der Waals surface area contributed by atoms with Gasteiger partial charge in [0.25, 0.3) is 5.56 Å². The Labute approximate surface area is 224 Å². The molecule has 5 rings (SSSR count). The fourth-order valence-corrected chi connectivity index (χ4v) is 4.29. The van der Waals surface area contributed by atoms with Crippen molar-refractivity contribution in [2.75, 3.05) is 31.6 Å². The van der Waals surface area contributed by atoms with Crippen LogP contribution < -0.4 is 10.9 Å². The normalized spacial score (nSPS) is 14.3. The molecule has 2 aromatic heterocycles. The summed E-state index contributed by atoms with van der Waals surface area (Å²) in [6, 6.07) is 15.7. The Morgan fingerprint density at radius 3 is 2.36 bits per heavy atom. The van der Waals surface area contributed by atoms with Gasteiger partial charge in [0.1, 0.15) is 17.6 Å². The van der Waals surface area contributed by atoms with E-state index >= 15 is 0 Å². The molecule has 1 saturated heterocycles. The van der Waals surface area contributed by atoms with Crippen LogP contribution in [0.5, 0.6) is 5.75 Å². The molecule has 10 nitrogen and oxygen atoms in total. The van der Waals surface area contributed by atoms with E-state index in [9.17, 15) is 14.7 Å². The summed E-state index contributed by atoms with van der Waals surface area (Å²) in [5.74, 6) is 4.37. The third-order valence-corrected chi connectivity index (χ3v) is 6.41. The molecule has 4 aromatic rings. The number of amides is 1. The third-order valence-electron chi connectivity index (χ3n) is 6.41. The zero-order chi connectivity index (χ0) is 27.0. The fraction of sp³-hybridized carbons (Fsp3) is 0.241. The van der Waals surface area contributed by atoms with Gasteiger partial charge in [0, 0.05) is 30.8 Å². The Morgan fingerprint density at radius 2 is 1.72 bits per heavy atom. The van der Waals surface area contributed by atoms with Crippen LogP contribution in [0.2, 0.25) is 0 Å². The molecule has 0 spiro atoms. The summed E-state index contributed by atoms with van der Waals surface area (Å²) in [4.78, 5) is 33.8. The van der Waals surface area contributed by atoms with Gasteiger partial charge in [-0.3, -0.25) is 14.5 Å². The van der Waals surface area contributed by atoms with Crippen LogP contribution >= 0.6 is 0 Å². The lowest BCUT2D eigenvalue weighted by atomic mass is 9.93. The number of aromatic amines is 1. The highest BCUT2D eigenvalue weighted by Crippen LogP contribution is 2.26. The van der Waals surface area contributed by atoms with E-state index in [0.29, 0.717) is 5.69 Å². The number of hydrogen-bond acceptors (Lipinski definition) is 8. The number of rotatable bonds is 7. The summed E-state index contributed by atoms with van der Waals surface area (Å²) >= 11 is 0. The van der Waals surface area contributed by atoms with Crippen LogP contribution in [0.4, 0.5) is 5.69 Å². The van der Waals surface area contributed by atoms with Crippen molar-refractivity contribution in [2.24, 2.45) is 0 Å². The van der Waals surface area contributed by atoms with Gasteiger partial charge in [-0.2, -0.15) is 0 Å². The second-order valence-corrected chi connectivity index (χ2v) is 9.16. The molecular weight excluding hydrogens is 498 g/mol. The van der Waals surface area contributed by atoms with Gasteiger partial charge in [0.05, 0.1) is 31.7 Å². The molecule has 1 atom stereocenters. The highest BCUT2D eigenvalue weighted by molar-refractivity contribution is 5.95. The fourth-order valence-electron chi connectivity index (χ4n) is 4.29. The lowest BCUT2D eigenvalue weighted by molar-refractivity contribution is -0.117. The molecule has 2 aromatic carbocycles. The number of carbonyl (C=O) groups is 1. The maximum atomic E-state index is 13.1. The van der Waals surface area contributed by atoms with E-state index in [2.05, 4.69) is 49.3 Å². The lowest BCUT2D eigenvalue weighted by Gasteiger charge is -2.26. The molecule has 3 N–H and O–H groups in total. The first-order valence-corrected chi connectivity index (χ1v) is 12.5. The number of ether oxygens (including phenoxy) is 1. The monoisotopic (exact) mass is 525 g/mol. The number of aromatic hydroxyl groups is 1. The minimum Gasteiger partial charge on any atom is -0.502 e. The molecule has 10 heteroatoms. The first-order chi connectivity index (χ1) is 19.0. The van der Waals surface area contributed by atoms with Gasteiger partial charge >= 0.3 is 0 Å². The lowest BCUT2D eigenvalue weighted by Crippen LogP contribution is -2.35. The molecule has 0 radical (unpaired) electrons. The Hall–Kier alpha value is -4.72. The quantitative estimate of drug-likeness (QED) is 0.314. The summed E-state index contributed by atoms with van der Waals surface area (Å²) in [6.45, 7) is 4.37. The van der Waals surface area contributed by atoms with Gasteiger partial charge in [-0.05, 0) is 41.8 Å². The van der Waals surface area contributed by atoms with Crippen molar-refractivity contribution in [3.05, 3.63) is 106 Å². The molecular formula is C29H27N5O5. The minimum atomic E-state index is -0.935. The maximum Gasteiger partial charge on any atom is 0.293 e. The van der Waals surface area contributed by atoms with Crippen LogP contribution in [-0.4, -0.2) is 57.3 Å². The second-order valence-electron chi connectivity index (χ2n) is 9.16. The topological polar surface area (TPSA) is 134 Å². The molecule has 39 heavy (non-hydrogen) atoms. The minimum absolute atomic E-state index is 0.0198. The number of nitrogens with zero attached hydrogens (tertiary/aromatic N) is 3. The van der Waals surface area contributed by atoms with Crippen molar-refractivity contribution in [2.45, 2.75) is 18.9 Å². The first-order valence-electron chi connectivity index (χ1n) is 12.5. The SMILES string of the molecule is O=C(Nc1cnoc1)C(Cc1ccc(C#Cc2ccc(CN3CCOCC3)cc2)cc1)c1nc[nH]c(=O)c1O. The molecule has 0 bridgehead atoms. The average molecular weight is 526 g/mol. The molecule has 1 fully saturated rings. The molecule has 0 saturated carbocycles. The smallest absolute Gasteiger partial charge is 0.293 e. The van der Waals surface area contributed by atoms with Crippen LogP contribution in [0.15, 0.2) is 76.6 Å². The van der Waals surface area contributed by atoms with Crippen molar-refractivity contribution in [1.82, 2.24) is 20.0 Å². The van der Waals surface area contributed by atoms with Crippen molar-refractivity contribution >= 4 is 11.6 Å². The van der Waals surface area contributed by atoms with Crippen LogP contribution in [-0.2, 0) is 22.5 Å². The Morgan fingerprint density at radius 1 is 1.05 bits per heavy atom. The number of H-pyrrole nitrogens is 1. The van der Waals surface area contributed by atoms with Crippen molar-refractivity contribution in [1.29, 1.82) is 0 Å². The van der Waals surface area contributed by atoms with Crippen molar-refractivity contribution in [3.8, 4) is 17.6 Å². The maximum absolute atomic E-state index is 13.1. The van der Waals surface area contributed by atoms with Gasteiger partial charge in [-0.15, -0.1) is 0 Å². The van der Waals surface area contributed by atoms with Crippen LogP contribution in [0.25, 0.3) is 0 Å². The zero-order valence-corrected chi connectivity index (χ0v) is 21.1. The average Bonchev–Trinajstić information content (AvgIpc) is 3.47. The number of anilines is 1. The summed E-state index contributed by atoms with van der Waals surface area (Å²) in [5, 5.41) is 16.5. The number of hydrogen-bond donors (Lipinski definition) is 3. The Balaban J connectivity index is 1.27. The molecule has 1 aliphatic heterocycles. The van der Waals surface area contributed by atoms with Crippen LogP contribution in [0.1, 0.15) is 33.9 Å². The van der Waals surface area contributed by atoms with Gasteiger partial charge < -0.3 is 24.7 Å². The molecule has 1 aliphatic rings. The van der Waals surface area contributed by atoms with E-state index in [1.165, 1.54) is 18.0 Å². The highest BCUT2D eigenvalue weighted by atomic mass is 16.5. The predicted molar refractivity (Wildman–Crippen MR) is 143 cm³/mol. The van der Waals surface area contributed by atoms with Gasteiger partial charge in [-0.25, -0.2) is 4.98 Å². The van der Waals surface area contributed by atoms with E-state index < -0.39 is 23.1 Å². The second kappa shape index (κ2) is 12.2. The molecule has 3 heterocycles. The number of aromatic nitrogens is 3. The highest BCUT2D eigenvalue weighted by Gasteiger charge is 2.27. The standard InChI is InChI=1S/C29H27N5O5/c35-27-26(30-19-31-29(27)37)25(28(36)33-24-16-32-39-18-24)15-22-7-3-20(4-8-22)1-2-21-5-9-23(10-6-21)17-34-11-13-38-14-12-34/h3-10,16,18-19,25,35H,11-15,17H2,(H,33,36)(H,30,31,37).